The van der Waals surface area contributed by atoms with Crippen molar-refractivity contribution in [3.8, 4) is 11.5 Å². The Bertz CT molecular complexity index is 662. The van der Waals surface area contributed by atoms with Crippen LogP contribution < -0.4 is 9.47 Å². The van der Waals surface area contributed by atoms with Crippen molar-refractivity contribution in [2.24, 2.45) is 0 Å². The molecule has 2 rings (SSSR count). The van der Waals surface area contributed by atoms with Crippen LogP contribution in [-0.4, -0.2) is 19.1 Å². The molecule has 0 spiro atoms. The Morgan fingerprint density at radius 3 is 2.14 bits per heavy atom. The van der Waals surface area contributed by atoms with Crippen LogP contribution in [0.3, 0.4) is 0 Å². The molecule has 0 aromatic heterocycles. The van der Waals surface area contributed by atoms with Crippen LogP contribution in [-0.2, 0) is 0 Å². The molecule has 5 heteroatoms. The molecule has 0 unspecified atom stereocenters. The summed E-state index contributed by atoms with van der Waals surface area (Å²) in [4.78, 5) is 10.7. The zero-order valence-corrected chi connectivity index (χ0v) is 11.8. The molecule has 0 saturated carbocycles. The summed E-state index contributed by atoms with van der Waals surface area (Å²) < 4.78 is 10.1. The zero-order chi connectivity index (χ0) is 15.2. The summed E-state index contributed by atoms with van der Waals surface area (Å²) in [5.74, 6) is 1.23. The largest absolute Gasteiger partial charge is 0.497 e. The number of nitro groups is 1. The first-order valence-electron chi connectivity index (χ1n) is 6.28. The van der Waals surface area contributed by atoms with Crippen molar-refractivity contribution in [1.29, 1.82) is 0 Å². The quantitative estimate of drug-likeness (QED) is 0.476. The number of methoxy groups -OCH3 is 2. The smallest absolute Gasteiger partial charge is 0.280 e. The Hall–Kier alpha value is -2.82. The van der Waals surface area contributed by atoms with E-state index in [0.29, 0.717) is 11.3 Å². The van der Waals surface area contributed by atoms with Crippen molar-refractivity contribution in [3.05, 3.63) is 63.7 Å². The highest BCUT2D eigenvalue weighted by atomic mass is 16.6. The molecule has 0 aliphatic heterocycles. The second-order valence-corrected chi connectivity index (χ2v) is 4.29. The fourth-order valence-corrected chi connectivity index (χ4v) is 1.85. The zero-order valence-electron chi connectivity index (χ0n) is 11.8. The van der Waals surface area contributed by atoms with Crippen molar-refractivity contribution >= 4 is 17.8 Å². The summed E-state index contributed by atoms with van der Waals surface area (Å²) in [5.41, 5.74) is 1.47. The number of nitro benzene ring substituents is 1. The second kappa shape index (κ2) is 6.56. The van der Waals surface area contributed by atoms with Crippen LogP contribution in [0.15, 0.2) is 42.5 Å². The summed E-state index contributed by atoms with van der Waals surface area (Å²) in [5, 5.41) is 11.1. The first-order valence-corrected chi connectivity index (χ1v) is 6.28. The average Bonchev–Trinajstić information content (AvgIpc) is 2.53. The highest BCUT2D eigenvalue weighted by molar-refractivity contribution is 5.74. The highest BCUT2D eigenvalue weighted by Gasteiger charge is 2.12. The van der Waals surface area contributed by atoms with Gasteiger partial charge in [0.05, 0.1) is 30.8 Å². The first-order chi connectivity index (χ1) is 10.1. The van der Waals surface area contributed by atoms with Crippen molar-refractivity contribution in [2.45, 2.75) is 0 Å². The summed E-state index contributed by atoms with van der Waals surface area (Å²) in [7, 11) is 3.08. The number of rotatable bonds is 5. The Labute approximate surface area is 122 Å². The fraction of sp³-hybridized carbons (Fsp3) is 0.125. The van der Waals surface area contributed by atoms with Gasteiger partial charge < -0.3 is 9.47 Å². The Kier molecular flexibility index (Phi) is 4.56. The monoisotopic (exact) mass is 285 g/mol. The average molecular weight is 285 g/mol. The minimum absolute atomic E-state index is 0.0131. The Morgan fingerprint density at radius 1 is 0.952 bits per heavy atom. The predicted octanol–water partition coefficient (Wildman–Crippen LogP) is 3.78. The molecule has 0 atom stereocenters. The molecule has 0 saturated heterocycles. The molecule has 21 heavy (non-hydrogen) atoms. The van der Waals surface area contributed by atoms with Gasteiger partial charge in [0.15, 0.2) is 0 Å². The predicted molar refractivity (Wildman–Crippen MR) is 81.6 cm³/mol. The number of hydrogen-bond acceptors (Lipinski definition) is 4. The maximum Gasteiger partial charge on any atom is 0.280 e. The number of hydrogen-bond donors (Lipinski definition) is 0. The van der Waals surface area contributed by atoms with Crippen LogP contribution in [0.1, 0.15) is 11.1 Å². The van der Waals surface area contributed by atoms with E-state index in [4.69, 9.17) is 9.47 Å². The number of benzene rings is 2. The standard InChI is InChI=1S/C16H15NO4/c1-20-14-8-4-12(5-9-14)3-6-13-7-10-15(21-2)11-16(13)17(18)19/h3-11H,1-2H3. The third-order valence-corrected chi connectivity index (χ3v) is 3.01. The maximum atomic E-state index is 11.1. The molecule has 0 heterocycles. The molecule has 0 aliphatic carbocycles. The lowest BCUT2D eigenvalue weighted by molar-refractivity contribution is -0.385. The Morgan fingerprint density at radius 2 is 1.57 bits per heavy atom. The van der Waals surface area contributed by atoms with Gasteiger partial charge in [-0.1, -0.05) is 18.2 Å². The lowest BCUT2D eigenvalue weighted by atomic mass is 10.1. The van der Waals surface area contributed by atoms with Gasteiger partial charge in [0, 0.05) is 0 Å². The normalized spacial score (nSPS) is 10.6. The van der Waals surface area contributed by atoms with Crippen LogP contribution >= 0.6 is 0 Å². The third kappa shape index (κ3) is 3.60. The van der Waals surface area contributed by atoms with Gasteiger partial charge in [-0.15, -0.1) is 0 Å². The molecular formula is C16H15NO4. The van der Waals surface area contributed by atoms with Gasteiger partial charge >= 0.3 is 0 Å². The summed E-state index contributed by atoms with van der Waals surface area (Å²) >= 11 is 0. The lowest BCUT2D eigenvalue weighted by Crippen LogP contribution is -1.93. The van der Waals surface area contributed by atoms with E-state index in [-0.39, 0.29) is 5.69 Å². The van der Waals surface area contributed by atoms with E-state index in [9.17, 15) is 10.1 Å². The van der Waals surface area contributed by atoms with E-state index in [0.717, 1.165) is 11.3 Å². The summed E-state index contributed by atoms with van der Waals surface area (Å²) in [6, 6.07) is 12.2. The van der Waals surface area contributed by atoms with Crippen LogP contribution in [0.4, 0.5) is 5.69 Å². The van der Waals surface area contributed by atoms with Gasteiger partial charge in [0.25, 0.3) is 5.69 Å². The van der Waals surface area contributed by atoms with Gasteiger partial charge in [-0.2, -0.15) is 0 Å². The third-order valence-electron chi connectivity index (χ3n) is 3.01. The van der Waals surface area contributed by atoms with Crippen LogP contribution in [0.2, 0.25) is 0 Å². The molecule has 0 radical (unpaired) electrons. The topological polar surface area (TPSA) is 61.6 Å². The molecule has 108 valence electrons. The molecule has 0 amide bonds. The van der Waals surface area contributed by atoms with E-state index < -0.39 is 4.92 Å². The molecule has 0 bridgehead atoms. The fourth-order valence-electron chi connectivity index (χ4n) is 1.85. The maximum absolute atomic E-state index is 11.1. The van der Waals surface area contributed by atoms with Gasteiger partial charge in [-0.25, -0.2) is 0 Å². The van der Waals surface area contributed by atoms with Crippen molar-refractivity contribution in [2.75, 3.05) is 14.2 Å². The first kappa shape index (κ1) is 14.6. The van der Waals surface area contributed by atoms with Gasteiger partial charge in [0.2, 0.25) is 0 Å². The minimum atomic E-state index is -0.420. The van der Waals surface area contributed by atoms with Crippen LogP contribution in [0.5, 0.6) is 11.5 Å². The molecule has 2 aromatic rings. The lowest BCUT2D eigenvalue weighted by Gasteiger charge is -2.02. The molecule has 0 fully saturated rings. The second-order valence-electron chi connectivity index (χ2n) is 4.29. The van der Waals surface area contributed by atoms with E-state index in [1.165, 1.54) is 13.2 Å². The Balaban J connectivity index is 2.29. The SMILES string of the molecule is COc1ccc(C=Cc2ccc(OC)cc2[N+](=O)[O-])cc1. The van der Waals surface area contributed by atoms with Crippen molar-refractivity contribution in [3.63, 3.8) is 0 Å². The molecule has 5 nitrogen and oxygen atoms in total. The molecule has 0 N–H and O–H groups in total. The van der Waals surface area contributed by atoms with E-state index >= 15 is 0 Å². The van der Waals surface area contributed by atoms with E-state index in [1.807, 2.05) is 30.3 Å². The van der Waals surface area contributed by atoms with Gasteiger partial charge in [-0.05, 0) is 35.9 Å². The van der Waals surface area contributed by atoms with Crippen LogP contribution in [0.25, 0.3) is 12.2 Å². The summed E-state index contributed by atoms with van der Waals surface area (Å²) in [6.45, 7) is 0. The van der Waals surface area contributed by atoms with Crippen molar-refractivity contribution < 1.29 is 14.4 Å². The van der Waals surface area contributed by atoms with Gasteiger partial charge in [0.1, 0.15) is 11.5 Å². The molecular weight excluding hydrogens is 270 g/mol. The van der Waals surface area contributed by atoms with E-state index in [2.05, 4.69) is 0 Å². The van der Waals surface area contributed by atoms with Gasteiger partial charge in [-0.3, -0.25) is 10.1 Å². The highest BCUT2D eigenvalue weighted by Crippen LogP contribution is 2.26. The summed E-state index contributed by atoms with van der Waals surface area (Å²) in [6.07, 6.45) is 3.52. The van der Waals surface area contributed by atoms with Crippen molar-refractivity contribution in [1.82, 2.24) is 0 Å². The molecule has 0 aliphatic rings. The van der Waals surface area contributed by atoms with E-state index in [1.54, 1.807) is 25.3 Å². The number of ether oxygens (including phenoxy) is 2. The number of nitrogens with zero attached hydrogens (tertiary/aromatic N) is 1. The van der Waals surface area contributed by atoms with Crippen LogP contribution in [0, 0.1) is 10.1 Å². The molecule has 2 aromatic carbocycles. The minimum Gasteiger partial charge on any atom is -0.497 e.